The van der Waals surface area contributed by atoms with Crippen molar-refractivity contribution in [1.29, 1.82) is 0 Å². The highest BCUT2D eigenvalue weighted by atomic mass is 19.4. The first-order valence-electron chi connectivity index (χ1n) is 9.46. The summed E-state index contributed by atoms with van der Waals surface area (Å²) in [4.78, 5) is 20.4. The van der Waals surface area contributed by atoms with Gasteiger partial charge in [-0.25, -0.2) is 4.99 Å². The van der Waals surface area contributed by atoms with E-state index in [9.17, 15) is 23.0 Å². The molecule has 0 bridgehead atoms. The Labute approximate surface area is 175 Å². The van der Waals surface area contributed by atoms with Crippen LogP contribution in [0.25, 0.3) is 10.8 Å². The number of Topliss-reactive ketones (excluding diaryl/α,β-unsaturated/α-hetero) is 1. The molecule has 1 atom stereocenters. The molecule has 1 aliphatic rings. The van der Waals surface area contributed by atoms with E-state index in [-0.39, 0.29) is 29.9 Å². The van der Waals surface area contributed by atoms with Gasteiger partial charge in [0.05, 0.1) is 11.6 Å². The Kier molecular flexibility index (Phi) is 5.51. The van der Waals surface area contributed by atoms with Crippen molar-refractivity contribution in [2.24, 2.45) is 10.7 Å². The van der Waals surface area contributed by atoms with Crippen LogP contribution >= 0.6 is 0 Å². The molecule has 3 aromatic rings. The summed E-state index contributed by atoms with van der Waals surface area (Å²) in [7, 11) is -1.84. The molecule has 0 spiro atoms. The molecular formula is C21H17BF3N3O3. The summed E-state index contributed by atoms with van der Waals surface area (Å²) in [6, 6.07) is 11.7. The maximum Gasteiger partial charge on any atom is 0.563 e. The van der Waals surface area contributed by atoms with E-state index in [0.717, 1.165) is 16.3 Å². The van der Waals surface area contributed by atoms with Crippen LogP contribution in [0.15, 0.2) is 59.9 Å². The topological polar surface area (TPSA) is 97.8 Å². The number of carbonyl (C=O) groups is 1. The number of nitrogens with zero attached hydrogens (tertiary/aromatic N) is 2. The van der Waals surface area contributed by atoms with Crippen LogP contribution in [0.1, 0.15) is 17.0 Å². The van der Waals surface area contributed by atoms with Crippen molar-refractivity contribution in [3.05, 3.63) is 66.0 Å². The number of alkyl halides is 3. The van der Waals surface area contributed by atoms with Crippen LogP contribution in [0, 0.1) is 0 Å². The molecule has 4 rings (SSSR count). The minimum atomic E-state index is -4.82. The average molecular weight is 427 g/mol. The number of aliphatic imine (C=N–C) groups is 1. The predicted octanol–water partition coefficient (Wildman–Crippen LogP) is 2.40. The monoisotopic (exact) mass is 427 g/mol. The molecule has 0 fully saturated rings. The maximum atomic E-state index is 13.0. The van der Waals surface area contributed by atoms with E-state index in [4.69, 9.17) is 5.73 Å². The summed E-state index contributed by atoms with van der Waals surface area (Å²) >= 11 is 0. The first-order chi connectivity index (χ1) is 14.8. The van der Waals surface area contributed by atoms with Crippen molar-refractivity contribution < 1.29 is 27.6 Å². The lowest BCUT2D eigenvalue weighted by Gasteiger charge is -2.22. The smallest absolute Gasteiger partial charge is 0.515 e. The number of halogens is 3. The Morgan fingerprint density at radius 2 is 1.97 bits per heavy atom. The minimum absolute atomic E-state index is 0.00312. The molecule has 1 aliphatic heterocycles. The van der Waals surface area contributed by atoms with Crippen molar-refractivity contribution in [3.8, 4) is 0 Å². The Morgan fingerprint density at radius 3 is 2.71 bits per heavy atom. The van der Waals surface area contributed by atoms with Crippen LogP contribution < -0.4 is 11.2 Å². The molecular weight excluding hydrogens is 410 g/mol. The quantitative estimate of drug-likeness (QED) is 0.610. The number of ketones is 1. The van der Waals surface area contributed by atoms with Crippen LogP contribution in [0.3, 0.4) is 0 Å². The second-order valence-electron chi connectivity index (χ2n) is 7.19. The van der Waals surface area contributed by atoms with E-state index in [0.29, 0.717) is 5.56 Å². The van der Waals surface area contributed by atoms with Gasteiger partial charge in [0.15, 0.2) is 0 Å². The molecule has 2 heterocycles. The van der Waals surface area contributed by atoms with Crippen LogP contribution in [0.4, 0.5) is 18.9 Å². The third-order valence-electron chi connectivity index (χ3n) is 5.12. The SMILES string of the molecule is NCC(C(=O)Cc1ccc2cnccc2c1)c1ccc2c(c1)B(O)OC(C(F)(F)F)=N2. The number of carbonyl (C=O) groups excluding carboxylic acids is 1. The Hall–Kier alpha value is -3.24. The fourth-order valence-electron chi connectivity index (χ4n) is 3.55. The molecule has 1 unspecified atom stereocenters. The van der Waals surface area contributed by atoms with Crippen molar-refractivity contribution in [3.63, 3.8) is 0 Å². The first kappa shape index (κ1) is 21.0. The molecule has 1 aromatic heterocycles. The number of hydrogen-bond acceptors (Lipinski definition) is 6. The predicted molar refractivity (Wildman–Crippen MR) is 111 cm³/mol. The lowest BCUT2D eigenvalue weighted by molar-refractivity contribution is -0.119. The van der Waals surface area contributed by atoms with Crippen LogP contribution in [0.5, 0.6) is 0 Å². The fourth-order valence-corrected chi connectivity index (χ4v) is 3.55. The summed E-state index contributed by atoms with van der Waals surface area (Å²) in [5, 5.41) is 11.9. The molecule has 0 saturated carbocycles. The van der Waals surface area contributed by atoms with Crippen LogP contribution in [0.2, 0.25) is 0 Å². The number of rotatable bonds is 5. The van der Waals surface area contributed by atoms with Gasteiger partial charge < -0.3 is 15.4 Å². The van der Waals surface area contributed by atoms with Crippen molar-refractivity contribution >= 4 is 40.7 Å². The first-order valence-corrected chi connectivity index (χ1v) is 9.46. The van der Waals surface area contributed by atoms with E-state index in [1.807, 2.05) is 24.3 Å². The largest absolute Gasteiger partial charge is 0.563 e. The summed E-state index contributed by atoms with van der Waals surface area (Å²) in [6.07, 6.45) is -1.28. The minimum Gasteiger partial charge on any atom is -0.515 e. The molecule has 10 heteroatoms. The molecule has 0 radical (unpaired) electrons. The van der Waals surface area contributed by atoms with Crippen molar-refractivity contribution in [2.45, 2.75) is 18.5 Å². The third kappa shape index (κ3) is 4.30. The van der Waals surface area contributed by atoms with Gasteiger partial charge in [-0.2, -0.15) is 13.2 Å². The molecule has 0 aliphatic carbocycles. The standard InChI is InChI=1S/C21H17BF3N3O3/c23-21(24,25)20-28-18-4-3-14(9-17(18)22(30)31-20)16(10-26)19(29)8-12-1-2-15-11-27-6-5-13(15)7-12/h1-7,9,11,16,30H,8,10,26H2. The molecule has 158 valence electrons. The summed E-state index contributed by atoms with van der Waals surface area (Å²) in [6.45, 7) is 0.00312. The Bertz CT molecular complexity index is 1180. The summed E-state index contributed by atoms with van der Waals surface area (Å²) in [5.74, 6) is -2.36. The normalized spacial score (nSPS) is 14.6. The van der Waals surface area contributed by atoms with Crippen molar-refractivity contribution in [1.82, 2.24) is 4.98 Å². The highest BCUT2D eigenvalue weighted by Crippen LogP contribution is 2.28. The van der Waals surface area contributed by atoms with E-state index >= 15 is 0 Å². The van der Waals surface area contributed by atoms with Crippen LogP contribution in [-0.2, 0) is 15.9 Å². The second kappa shape index (κ2) is 8.12. The number of nitrogens with two attached hydrogens (primary N) is 1. The summed E-state index contributed by atoms with van der Waals surface area (Å²) < 4.78 is 43.1. The zero-order valence-electron chi connectivity index (χ0n) is 16.1. The van der Waals surface area contributed by atoms with E-state index in [2.05, 4.69) is 14.6 Å². The Balaban J connectivity index is 1.59. The van der Waals surface area contributed by atoms with Gasteiger partial charge in [-0.3, -0.25) is 9.78 Å². The van der Waals surface area contributed by atoms with E-state index in [1.165, 1.54) is 18.2 Å². The number of benzene rings is 2. The van der Waals surface area contributed by atoms with Crippen LogP contribution in [-0.4, -0.2) is 41.5 Å². The second-order valence-corrected chi connectivity index (χ2v) is 7.19. The number of fused-ring (bicyclic) bond motifs is 2. The van der Waals surface area contributed by atoms with Gasteiger partial charge in [-0.1, -0.05) is 30.3 Å². The van der Waals surface area contributed by atoms with Gasteiger partial charge in [-0.15, -0.1) is 0 Å². The summed E-state index contributed by atoms with van der Waals surface area (Å²) in [5.41, 5.74) is 7.11. The van der Waals surface area contributed by atoms with Gasteiger partial charge in [0.2, 0.25) is 0 Å². The van der Waals surface area contributed by atoms with Gasteiger partial charge in [0.1, 0.15) is 5.78 Å². The third-order valence-corrected chi connectivity index (χ3v) is 5.12. The van der Waals surface area contributed by atoms with E-state index in [1.54, 1.807) is 12.4 Å². The van der Waals surface area contributed by atoms with Gasteiger partial charge in [-0.05, 0) is 28.6 Å². The van der Waals surface area contributed by atoms with Gasteiger partial charge in [0, 0.05) is 36.2 Å². The molecule has 0 saturated heterocycles. The highest BCUT2D eigenvalue weighted by Gasteiger charge is 2.44. The maximum absolute atomic E-state index is 13.0. The number of aromatic nitrogens is 1. The number of hydrogen-bond donors (Lipinski definition) is 2. The van der Waals surface area contributed by atoms with Gasteiger partial charge in [0.25, 0.3) is 5.90 Å². The number of pyridine rings is 1. The average Bonchev–Trinajstić information content (AvgIpc) is 2.73. The molecule has 0 amide bonds. The van der Waals surface area contributed by atoms with Crippen molar-refractivity contribution in [2.75, 3.05) is 6.54 Å². The van der Waals surface area contributed by atoms with Gasteiger partial charge >= 0.3 is 13.3 Å². The Morgan fingerprint density at radius 1 is 1.16 bits per heavy atom. The molecule has 2 aromatic carbocycles. The highest BCUT2D eigenvalue weighted by molar-refractivity contribution is 6.64. The zero-order chi connectivity index (χ0) is 22.2. The molecule has 6 nitrogen and oxygen atoms in total. The lowest BCUT2D eigenvalue weighted by atomic mass is 9.75. The zero-order valence-corrected chi connectivity index (χ0v) is 16.1. The lowest BCUT2D eigenvalue weighted by Crippen LogP contribution is -2.44. The van der Waals surface area contributed by atoms with E-state index < -0.39 is 25.1 Å². The fraction of sp³-hybridized carbons (Fsp3) is 0.190. The molecule has 3 N–H and O–H groups in total. The molecule has 31 heavy (non-hydrogen) atoms.